The largest absolute Gasteiger partial charge is 0.493 e. The number of thioether (sulfide) groups is 1. The molecule has 26 heavy (non-hydrogen) atoms. The second-order valence-electron chi connectivity index (χ2n) is 5.82. The minimum absolute atomic E-state index is 0.0648. The standard InChI is InChI=1S/C19H25NO5S/c1-4-5-6-9-20-18(22)16(17(19(20)23)26-11-10-21)13-7-8-14(24-2)15(12-13)25-3/h7-8,12,21H,4-6,9-11H2,1-3H3. The van der Waals surface area contributed by atoms with Crippen LogP contribution in [-0.2, 0) is 9.59 Å². The Morgan fingerprint density at radius 3 is 2.42 bits per heavy atom. The van der Waals surface area contributed by atoms with Crippen LogP contribution in [0, 0.1) is 0 Å². The van der Waals surface area contributed by atoms with E-state index in [9.17, 15) is 9.59 Å². The van der Waals surface area contributed by atoms with Gasteiger partial charge in [-0.1, -0.05) is 25.8 Å². The smallest absolute Gasteiger partial charge is 0.267 e. The first-order chi connectivity index (χ1) is 12.6. The predicted molar refractivity (Wildman–Crippen MR) is 102 cm³/mol. The summed E-state index contributed by atoms with van der Waals surface area (Å²) in [6.07, 6.45) is 2.76. The fourth-order valence-corrected chi connectivity index (χ4v) is 3.68. The summed E-state index contributed by atoms with van der Waals surface area (Å²) in [5.74, 6) is 0.827. The molecule has 142 valence electrons. The first-order valence-corrected chi connectivity index (χ1v) is 9.64. The Hall–Kier alpha value is -1.99. The molecule has 0 atom stereocenters. The fraction of sp³-hybridized carbons (Fsp3) is 0.474. The maximum absolute atomic E-state index is 12.9. The number of carbonyl (C=O) groups is 2. The van der Waals surface area contributed by atoms with Crippen LogP contribution in [0.5, 0.6) is 11.5 Å². The molecule has 0 bridgehead atoms. The third kappa shape index (κ3) is 4.22. The molecule has 1 aliphatic rings. The summed E-state index contributed by atoms with van der Waals surface area (Å²) in [7, 11) is 3.06. The minimum Gasteiger partial charge on any atom is -0.493 e. The lowest BCUT2D eigenvalue weighted by atomic mass is 10.1. The van der Waals surface area contributed by atoms with Gasteiger partial charge in [-0.2, -0.15) is 0 Å². The number of hydrogen-bond donors (Lipinski definition) is 1. The van der Waals surface area contributed by atoms with E-state index >= 15 is 0 Å². The van der Waals surface area contributed by atoms with E-state index in [2.05, 4.69) is 6.92 Å². The lowest BCUT2D eigenvalue weighted by molar-refractivity contribution is -0.136. The number of aliphatic hydroxyl groups is 1. The van der Waals surface area contributed by atoms with Crippen molar-refractivity contribution >= 4 is 29.1 Å². The van der Waals surface area contributed by atoms with Crippen LogP contribution in [-0.4, -0.2) is 54.9 Å². The van der Waals surface area contributed by atoms with Gasteiger partial charge in [0.05, 0.1) is 31.3 Å². The average molecular weight is 379 g/mol. The number of amides is 2. The van der Waals surface area contributed by atoms with Crippen LogP contribution in [0.15, 0.2) is 23.1 Å². The minimum atomic E-state index is -0.293. The molecule has 2 amide bonds. The average Bonchev–Trinajstić information content (AvgIpc) is 2.89. The number of aliphatic hydroxyl groups excluding tert-OH is 1. The van der Waals surface area contributed by atoms with Crippen molar-refractivity contribution in [1.82, 2.24) is 4.90 Å². The third-order valence-corrected chi connectivity index (χ3v) is 5.17. The molecule has 1 N–H and O–H groups in total. The molecule has 0 spiro atoms. The zero-order valence-corrected chi connectivity index (χ0v) is 16.2. The van der Waals surface area contributed by atoms with E-state index in [0.717, 1.165) is 19.3 Å². The van der Waals surface area contributed by atoms with E-state index in [0.29, 0.717) is 39.8 Å². The van der Waals surface area contributed by atoms with Gasteiger partial charge in [0.15, 0.2) is 11.5 Å². The highest BCUT2D eigenvalue weighted by molar-refractivity contribution is 8.04. The summed E-state index contributed by atoms with van der Waals surface area (Å²) >= 11 is 1.21. The maximum atomic E-state index is 12.9. The fourth-order valence-electron chi connectivity index (χ4n) is 2.80. The van der Waals surface area contributed by atoms with Crippen molar-refractivity contribution in [2.75, 3.05) is 33.1 Å². The van der Waals surface area contributed by atoms with E-state index < -0.39 is 0 Å². The summed E-state index contributed by atoms with van der Waals surface area (Å²) in [5.41, 5.74) is 0.977. The van der Waals surface area contributed by atoms with E-state index in [1.807, 2.05) is 0 Å². The van der Waals surface area contributed by atoms with Crippen LogP contribution >= 0.6 is 11.8 Å². The van der Waals surface area contributed by atoms with Gasteiger partial charge >= 0.3 is 0 Å². The molecule has 0 fully saturated rings. The number of rotatable bonds is 10. The molecule has 7 heteroatoms. The lowest BCUT2D eigenvalue weighted by Gasteiger charge is -2.15. The molecule has 1 aromatic carbocycles. The number of ether oxygens (including phenoxy) is 2. The van der Waals surface area contributed by atoms with Crippen molar-refractivity contribution in [2.24, 2.45) is 0 Å². The van der Waals surface area contributed by atoms with Crippen LogP contribution in [0.25, 0.3) is 5.57 Å². The second kappa shape index (κ2) is 9.64. The van der Waals surface area contributed by atoms with Crippen molar-refractivity contribution in [1.29, 1.82) is 0 Å². The van der Waals surface area contributed by atoms with Crippen LogP contribution in [0.4, 0.5) is 0 Å². The number of unbranched alkanes of at least 4 members (excludes halogenated alkanes) is 2. The van der Waals surface area contributed by atoms with Crippen molar-refractivity contribution in [3.63, 3.8) is 0 Å². The van der Waals surface area contributed by atoms with Crippen LogP contribution in [0.1, 0.15) is 31.7 Å². The van der Waals surface area contributed by atoms with E-state index in [4.69, 9.17) is 14.6 Å². The zero-order valence-electron chi connectivity index (χ0n) is 15.4. The molecular formula is C19H25NO5S. The van der Waals surface area contributed by atoms with E-state index in [-0.39, 0.29) is 18.4 Å². The first-order valence-electron chi connectivity index (χ1n) is 8.65. The Balaban J connectivity index is 2.41. The van der Waals surface area contributed by atoms with Gasteiger partial charge in [-0.3, -0.25) is 14.5 Å². The Bertz CT molecular complexity index is 701. The molecule has 1 aliphatic heterocycles. The Morgan fingerprint density at radius 1 is 1.08 bits per heavy atom. The predicted octanol–water partition coefficient (Wildman–Crippen LogP) is 2.70. The molecule has 0 unspecified atom stereocenters. The van der Waals surface area contributed by atoms with Gasteiger partial charge in [0.1, 0.15) is 0 Å². The monoisotopic (exact) mass is 379 g/mol. The van der Waals surface area contributed by atoms with Gasteiger partial charge in [0, 0.05) is 12.3 Å². The third-order valence-electron chi connectivity index (χ3n) is 4.12. The Morgan fingerprint density at radius 2 is 1.81 bits per heavy atom. The van der Waals surface area contributed by atoms with Gasteiger partial charge in [-0.25, -0.2) is 0 Å². The quantitative estimate of drug-likeness (QED) is 0.498. The highest BCUT2D eigenvalue weighted by atomic mass is 32.2. The molecular weight excluding hydrogens is 354 g/mol. The van der Waals surface area contributed by atoms with E-state index in [1.165, 1.54) is 23.8 Å². The van der Waals surface area contributed by atoms with Gasteiger partial charge < -0.3 is 14.6 Å². The normalized spacial score (nSPS) is 14.4. The first kappa shape index (κ1) is 20.3. The van der Waals surface area contributed by atoms with Gasteiger partial charge in [-0.15, -0.1) is 11.8 Å². The number of benzene rings is 1. The van der Waals surface area contributed by atoms with Crippen molar-refractivity contribution in [2.45, 2.75) is 26.2 Å². The Labute approximate surface area is 158 Å². The Kier molecular flexibility index (Phi) is 7.53. The van der Waals surface area contributed by atoms with Crippen molar-refractivity contribution < 1.29 is 24.2 Å². The number of nitrogens with zero attached hydrogens (tertiary/aromatic N) is 1. The SMILES string of the molecule is CCCCCN1C(=O)C(SCCO)=C(c2ccc(OC)c(OC)c2)C1=O. The molecule has 2 rings (SSSR count). The number of hydrogen-bond acceptors (Lipinski definition) is 6. The van der Waals surface area contributed by atoms with Gasteiger partial charge in [0.2, 0.25) is 0 Å². The second-order valence-corrected chi connectivity index (χ2v) is 6.92. The van der Waals surface area contributed by atoms with Crippen LogP contribution in [0.3, 0.4) is 0 Å². The van der Waals surface area contributed by atoms with Gasteiger partial charge in [0.25, 0.3) is 11.8 Å². The van der Waals surface area contributed by atoms with Crippen LogP contribution < -0.4 is 9.47 Å². The lowest BCUT2D eigenvalue weighted by Crippen LogP contribution is -2.32. The summed E-state index contributed by atoms with van der Waals surface area (Å²) < 4.78 is 10.6. The van der Waals surface area contributed by atoms with Gasteiger partial charge in [-0.05, 0) is 24.1 Å². The topological polar surface area (TPSA) is 76.1 Å². The number of methoxy groups -OCH3 is 2. The summed E-state index contributed by atoms with van der Waals surface area (Å²) in [6.45, 7) is 2.42. The molecule has 0 saturated carbocycles. The molecule has 6 nitrogen and oxygen atoms in total. The highest BCUT2D eigenvalue weighted by Gasteiger charge is 2.38. The molecule has 0 radical (unpaired) electrons. The maximum Gasteiger partial charge on any atom is 0.267 e. The molecule has 1 heterocycles. The summed E-state index contributed by atoms with van der Waals surface area (Å²) in [4.78, 5) is 27.4. The van der Waals surface area contributed by atoms with E-state index in [1.54, 1.807) is 25.3 Å². The number of imide groups is 1. The summed E-state index contributed by atoms with van der Waals surface area (Å²) in [6, 6.07) is 5.16. The molecule has 0 saturated heterocycles. The molecule has 1 aromatic rings. The zero-order chi connectivity index (χ0) is 19.1. The van der Waals surface area contributed by atoms with Crippen molar-refractivity contribution in [3.05, 3.63) is 28.7 Å². The number of carbonyl (C=O) groups excluding carboxylic acids is 2. The highest BCUT2D eigenvalue weighted by Crippen LogP contribution is 2.39. The van der Waals surface area contributed by atoms with Crippen LogP contribution in [0.2, 0.25) is 0 Å². The molecule has 0 aliphatic carbocycles. The molecule has 0 aromatic heterocycles. The van der Waals surface area contributed by atoms with Crippen molar-refractivity contribution in [3.8, 4) is 11.5 Å². The summed E-state index contributed by atoms with van der Waals surface area (Å²) in [5, 5.41) is 9.14.